The second-order valence-corrected chi connectivity index (χ2v) is 6.45. The summed E-state index contributed by atoms with van der Waals surface area (Å²) in [7, 11) is -3.65. The van der Waals surface area contributed by atoms with Crippen LogP contribution in [0.1, 0.15) is 19.8 Å². The maximum atomic E-state index is 12.0. The number of aliphatic hydroxyl groups is 1. The van der Waals surface area contributed by atoms with E-state index in [-0.39, 0.29) is 29.3 Å². The molecule has 18 heavy (non-hydrogen) atoms. The van der Waals surface area contributed by atoms with Gasteiger partial charge in [-0.05, 0) is 19.8 Å². The number of aliphatic hydroxyl groups excluding tert-OH is 1. The predicted molar refractivity (Wildman–Crippen MR) is 66.3 cm³/mol. The topological polar surface area (TPSA) is 110 Å². The number of hydrogen-bond acceptors (Lipinski definition) is 5. The monoisotopic (exact) mass is 274 g/mol. The van der Waals surface area contributed by atoms with Crippen molar-refractivity contribution in [2.45, 2.75) is 31.2 Å². The van der Waals surface area contributed by atoms with Gasteiger partial charge in [-0.15, -0.1) is 0 Å². The van der Waals surface area contributed by atoms with Crippen LogP contribution in [0, 0.1) is 5.41 Å². The Kier molecular flexibility index (Phi) is 3.35. The van der Waals surface area contributed by atoms with Crippen LogP contribution >= 0.6 is 0 Å². The number of nitrogens with two attached hydrogens (primary N) is 1. The van der Waals surface area contributed by atoms with Crippen molar-refractivity contribution in [3.63, 3.8) is 0 Å². The second kappa shape index (κ2) is 4.52. The number of hydrogen-bond donors (Lipinski definition) is 3. The van der Waals surface area contributed by atoms with Crippen LogP contribution in [-0.2, 0) is 16.6 Å². The maximum absolute atomic E-state index is 12.0. The normalized spacial score (nSPS) is 17.9. The Morgan fingerprint density at radius 3 is 2.72 bits per heavy atom. The molecule has 1 fully saturated rings. The van der Waals surface area contributed by atoms with Gasteiger partial charge in [-0.25, -0.2) is 13.1 Å². The van der Waals surface area contributed by atoms with Crippen molar-refractivity contribution in [2.75, 3.05) is 18.9 Å². The average Bonchev–Trinajstić information content (AvgIpc) is 3.03. The zero-order valence-electron chi connectivity index (χ0n) is 10.3. The Bertz CT molecular complexity index is 533. The van der Waals surface area contributed by atoms with Crippen molar-refractivity contribution in [1.29, 1.82) is 0 Å². The minimum Gasteiger partial charge on any atom is -0.396 e. The molecule has 1 heterocycles. The number of nitrogens with one attached hydrogen (secondary N) is 1. The van der Waals surface area contributed by atoms with Crippen LogP contribution in [0.2, 0.25) is 0 Å². The first-order chi connectivity index (χ1) is 8.42. The molecule has 0 aliphatic heterocycles. The van der Waals surface area contributed by atoms with Crippen molar-refractivity contribution >= 4 is 15.8 Å². The lowest BCUT2D eigenvalue weighted by Crippen LogP contribution is -2.32. The van der Waals surface area contributed by atoms with E-state index in [2.05, 4.69) is 9.82 Å². The van der Waals surface area contributed by atoms with Gasteiger partial charge in [-0.3, -0.25) is 4.68 Å². The van der Waals surface area contributed by atoms with Gasteiger partial charge < -0.3 is 10.8 Å². The third-order valence-corrected chi connectivity index (χ3v) is 4.72. The van der Waals surface area contributed by atoms with E-state index in [9.17, 15) is 8.42 Å². The Morgan fingerprint density at radius 1 is 1.61 bits per heavy atom. The number of sulfonamides is 1. The summed E-state index contributed by atoms with van der Waals surface area (Å²) in [4.78, 5) is -0.00177. The summed E-state index contributed by atoms with van der Waals surface area (Å²) in [6, 6.07) is 0. The van der Waals surface area contributed by atoms with Crippen molar-refractivity contribution < 1.29 is 13.5 Å². The molecule has 0 radical (unpaired) electrons. The summed E-state index contributed by atoms with van der Waals surface area (Å²) in [6.07, 6.45) is 3.10. The molecular weight excluding hydrogens is 256 g/mol. The van der Waals surface area contributed by atoms with Gasteiger partial charge in [-0.1, -0.05) is 0 Å². The molecule has 2 rings (SSSR count). The number of anilines is 1. The molecule has 0 bridgehead atoms. The first kappa shape index (κ1) is 13.3. The van der Waals surface area contributed by atoms with E-state index in [0.29, 0.717) is 6.54 Å². The summed E-state index contributed by atoms with van der Waals surface area (Å²) >= 11 is 0. The third kappa shape index (κ3) is 2.50. The van der Waals surface area contributed by atoms with E-state index in [4.69, 9.17) is 10.8 Å². The molecule has 0 atom stereocenters. The zero-order chi connectivity index (χ0) is 13.4. The van der Waals surface area contributed by atoms with Gasteiger partial charge in [0, 0.05) is 31.3 Å². The fourth-order valence-electron chi connectivity index (χ4n) is 1.68. The van der Waals surface area contributed by atoms with E-state index < -0.39 is 10.0 Å². The van der Waals surface area contributed by atoms with Crippen molar-refractivity contribution in [3.8, 4) is 0 Å². The van der Waals surface area contributed by atoms with Gasteiger partial charge in [-0.2, -0.15) is 5.10 Å². The molecule has 8 heteroatoms. The van der Waals surface area contributed by atoms with Crippen LogP contribution < -0.4 is 10.5 Å². The smallest absolute Gasteiger partial charge is 0.245 e. The minimum absolute atomic E-state index is 0.000770. The van der Waals surface area contributed by atoms with Crippen LogP contribution in [0.5, 0.6) is 0 Å². The SMILES string of the molecule is CCn1cc(S(=O)(=O)NCC2(CO)CC2)c(N)n1. The van der Waals surface area contributed by atoms with E-state index in [1.54, 1.807) is 0 Å². The largest absolute Gasteiger partial charge is 0.396 e. The first-order valence-corrected chi connectivity index (χ1v) is 7.34. The molecule has 0 aromatic carbocycles. The van der Waals surface area contributed by atoms with Crippen molar-refractivity contribution in [2.24, 2.45) is 5.41 Å². The van der Waals surface area contributed by atoms with Gasteiger partial charge in [0.1, 0.15) is 4.90 Å². The second-order valence-electron chi connectivity index (χ2n) is 4.72. The highest BCUT2D eigenvalue weighted by atomic mass is 32.2. The van der Waals surface area contributed by atoms with Gasteiger partial charge in [0.15, 0.2) is 5.82 Å². The molecule has 1 aromatic heterocycles. The van der Waals surface area contributed by atoms with E-state index in [0.717, 1.165) is 12.8 Å². The van der Waals surface area contributed by atoms with Crippen LogP contribution in [0.25, 0.3) is 0 Å². The molecule has 1 saturated carbocycles. The molecule has 1 aliphatic carbocycles. The van der Waals surface area contributed by atoms with Crippen LogP contribution in [0.15, 0.2) is 11.1 Å². The number of nitrogen functional groups attached to an aromatic ring is 1. The van der Waals surface area contributed by atoms with Gasteiger partial charge >= 0.3 is 0 Å². The summed E-state index contributed by atoms with van der Waals surface area (Å²) in [5, 5.41) is 13.0. The Balaban J connectivity index is 2.12. The summed E-state index contributed by atoms with van der Waals surface area (Å²) < 4.78 is 28.1. The van der Waals surface area contributed by atoms with Crippen molar-refractivity contribution in [1.82, 2.24) is 14.5 Å². The molecule has 0 amide bonds. The standard InChI is InChI=1S/C10H18N4O3S/c1-2-14-5-8(9(11)13-14)18(16,17)12-6-10(7-15)3-4-10/h5,12,15H,2-4,6-7H2,1H3,(H2,11,13). The molecule has 0 spiro atoms. The number of rotatable bonds is 6. The number of aryl methyl sites for hydroxylation is 1. The summed E-state index contributed by atoms with van der Waals surface area (Å²) in [5.74, 6) is -0.00167. The lowest BCUT2D eigenvalue weighted by atomic mass is 10.1. The van der Waals surface area contributed by atoms with Crippen LogP contribution in [0.3, 0.4) is 0 Å². The summed E-state index contributed by atoms with van der Waals surface area (Å²) in [6.45, 7) is 2.64. The van der Waals surface area contributed by atoms with Gasteiger partial charge in [0.05, 0.1) is 0 Å². The predicted octanol–water partition coefficient (Wildman–Crippen LogP) is -0.464. The van der Waals surface area contributed by atoms with Crippen LogP contribution in [0.4, 0.5) is 5.82 Å². The molecule has 0 unspecified atom stereocenters. The Labute approximate surface area is 106 Å². The zero-order valence-corrected chi connectivity index (χ0v) is 11.1. The molecule has 0 saturated heterocycles. The average molecular weight is 274 g/mol. The molecule has 1 aliphatic rings. The molecular formula is C10H18N4O3S. The highest BCUT2D eigenvalue weighted by molar-refractivity contribution is 7.89. The fraction of sp³-hybridized carbons (Fsp3) is 0.700. The highest BCUT2D eigenvalue weighted by Gasteiger charge is 2.42. The lowest BCUT2D eigenvalue weighted by Gasteiger charge is -2.12. The lowest BCUT2D eigenvalue weighted by molar-refractivity contribution is 0.213. The molecule has 4 N–H and O–H groups in total. The minimum atomic E-state index is -3.65. The van der Waals surface area contributed by atoms with E-state index >= 15 is 0 Å². The third-order valence-electron chi connectivity index (χ3n) is 3.30. The maximum Gasteiger partial charge on any atom is 0.245 e. The number of nitrogens with zero attached hydrogens (tertiary/aromatic N) is 2. The first-order valence-electron chi connectivity index (χ1n) is 5.86. The molecule has 102 valence electrons. The Hall–Kier alpha value is -1.12. The van der Waals surface area contributed by atoms with E-state index in [1.165, 1.54) is 10.9 Å². The van der Waals surface area contributed by atoms with Crippen LogP contribution in [-0.4, -0.2) is 36.5 Å². The van der Waals surface area contributed by atoms with Crippen molar-refractivity contribution in [3.05, 3.63) is 6.20 Å². The molecule has 1 aromatic rings. The fourth-order valence-corrected chi connectivity index (χ4v) is 2.91. The Morgan fingerprint density at radius 2 is 2.28 bits per heavy atom. The summed E-state index contributed by atoms with van der Waals surface area (Å²) in [5.41, 5.74) is 5.31. The van der Waals surface area contributed by atoms with E-state index in [1.807, 2.05) is 6.92 Å². The number of aromatic nitrogens is 2. The quantitative estimate of drug-likeness (QED) is 0.650. The van der Waals surface area contributed by atoms with Gasteiger partial charge in [0.2, 0.25) is 10.0 Å². The highest BCUT2D eigenvalue weighted by Crippen LogP contribution is 2.44. The van der Waals surface area contributed by atoms with Gasteiger partial charge in [0.25, 0.3) is 0 Å². The molecule has 7 nitrogen and oxygen atoms in total.